The van der Waals surface area contributed by atoms with Crippen LogP contribution in [0.5, 0.6) is 0 Å². The highest BCUT2D eigenvalue weighted by Crippen LogP contribution is 2.18. The summed E-state index contributed by atoms with van der Waals surface area (Å²) < 4.78 is 1.68. The molecule has 2 heterocycles. The molecule has 2 aromatic rings. The predicted molar refractivity (Wildman–Crippen MR) is 72.5 cm³/mol. The molecule has 0 fully saturated rings. The minimum atomic E-state index is -1.07. The van der Waals surface area contributed by atoms with Crippen LogP contribution in [0, 0.1) is 0 Å². The summed E-state index contributed by atoms with van der Waals surface area (Å²) in [4.78, 5) is 26.5. The Balaban J connectivity index is 1.85. The first-order valence-corrected chi connectivity index (χ1v) is 6.89. The first-order chi connectivity index (χ1) is 9.56. The number of carboxylic acids is 1. The molecule has 1 atom stereocenters. The van der Waals surface area contributed by atoms with Crippen molar-refractivity contribution in [3.63, 3.8) is 0 Å². The van der Waals surface area contributed by atoms with Crippen LogP contribution in [0.25, 0.3) is 0 Å². The molecule has 0 saturated heterocycles. The fourth-order valence-corrected chi connectivity index (χ4v) is 2.41. The average Bonchev–Trinajstić information content (AvgIpc) is 3.07. The average molecular weight is 294 g/mol. The molecule has 7 nitrogen and oxygen atoms in total. The Morgan fingerprint density at radius 3 is 2.95 bits per heavy atom. The van der Waals surface area contributed by atoms with Gasteiger partial charge in [0.1, 0.15) is 5.01 Å². The number of aryl methyl sites for hydroxylation is 1. The summed E-state index contributed by atoms with van der Waals surface area (Å²) in [6.45, 7) is 2.28. The quantitative estimate of drug-likeness (QED) is 0.837. The summed E-state index contributed by atoms with van der Waals surface area (Å²) in [5.74, 6) is -1.19. The van der Waals surface area contributed by atoms with Crippen molar-refractivity contribution < 1.29 is 14.7 Å². The maximum atomic E-state index is 11.8. The van der Waals surface area contributed by atoms with Gasteiger partial charge < -0.3 is 10.4 Å². The van der Waals surface area contributed by atoms with Gasteiger partial charge in [-0.05, 0) is 13.0 Å². The van der Waals surface area contributed by atoms with E-state index in [0.717, 1.165) is 0 Å². The zero-order valence-electron chi connectivity index (χ0n) is 10.8. The Kier molecular flexibility index (Phi) is 4.46. The Hall–Kier alpha value is -2.22. The molecule has 0 radical (unpaired) electrons. The molecule has 106 valence electrons. The second-order valence-corrected chi connectivity index (χ2v) is 5.07. The van der Waals surface area contributed by atoms with Crippen LogP contribution in [0.3, 0.4) is 0 Å². The maximum Gasteiger partial charge on any atom is 0.355 e. The van der Waals surface area contributed by atoms with Crippen molar-refractivity contribution in [1.82, 2.24) is 20.1 Å². The van der Waals surface area contributed by atoms with Gasteiger partial charge in [0.15, 0.2) is 5.69 Å². The summed E-state index contributed by atoms with van der Waals surface area (Å²) in [6, 6.07) is 1.49. The zero-order valence-corrected chi connectivity index (χ0v) is 11.6. The molecular weight excluding hydrogens is 280 g/mol. The van der Waals surface area contributed by atoms with Crippen molar-refractivity contribution in [2.45, 2.75) is 25.9 Å². The van der Waals surface area contributed by atoms with Crippen LogP contribution in [0.2, 0.25) is 0 Å². The molecule has 0 saturated carbocycles. The van der Waals surface area contributed by atoms with E-state index in [4.69, 9.17) is 5.11 Å². The van der Waals surface area contributed by atoms with Crippen molar-refractivity contribution >= 4 is 23.2 Å². The van der Waals surface area contributed by atoms with E-state index in [9.17, 15) is 9.59 Å². The first kappa shape index (κ1) is 14.2. The molecule has 1 amide bonds. The van der Waals surface area contributed by atoms with Gasteiger partial charge in [-0.3, -0.25) is 9.48 Å². The topological polar surface area (TPSA) is 97.1 Å². The van der Waals surface area contributed by atoms with E-state index in [1.54, 1.807) is 30.1 Å². The van der Waals surface area contributed by atoms with Gasteiger partial charge in [0.25, 0.3) is 0 Å². The van der Waals surface area contributed by atoms with Crippen LogP contribution >= 0.6 is 11.3 Å². The van der Waals surface area contributed by atoms with Gasteiger partial charge >= 0.3 is 5.97 Å². The lowest BCUT2D eigenvalue weighted by Crippen LogP contribution is -2.27. The summed E-state index contributed by atoms with van der Waals surface area (Å²) in [5, 5.41) is 17.6. The number of nitrogens with zero attached hydrogens (tertiary/aromatic N) is 3. The highest BCUT2D eigenvalue weighted by molar-refractivity contribution is 7.09. The molecule has 2 rings (SSSR count). The SMILES string of the molecule is CC(NC(=O)CCn1cccn1)c1nc(C(=O)O)cs1. The van der Waals surface area contributed by atoms with Crippen molar-refractivity contribution in [2.24, 2.45) is 0 Å². The monoisotopic (exact) mass is 294 g/mol. The lowest BCUT2D eigenvalue weighted by Gasteiger charge is -2.11. The Labute approximate surface area is 119 Å². The number of carbonyl (C=O) groups excluding carboxylic acids is 1. The Bertz CT molecular complexity index is 594. The maximum absolute atomic E-state index is 11.8. The molecule has 0 spiro atoms. The fourth-order valence-electron chi connectivity index (χ4n) is 1.61. The largest absolute Gasteiger partial charge is 0.476 e. The number of carbonyl (C=O) groups is 2. The number of thiazole rings is 1. The number of rotatable bonds is 6. The summed E-state index contributed by atoms with van der Waals surface area (Å²) in [6.07, 6.45) is 3.75. The highest BCUT2D eigenvalue weighted by Gasteiger charge is 2.15. The molecule has 0 aliphatic carbocycles. The predicted octanol–water partition coefficient (Wildman–Crippen LogP) is 1.31. The zero-order chi connectivity index (χ0) is 14.5. The van der Waals surface area contributed by atoms with Crippen LogP contribution in [0.15, 0.2) is 23.8 Å². The van der Waals surface area contributed by atoms with Crippen molar-refractivity contribution in [2.75, 3.05) is 0 Å². The van der Waals surface area contributed by atoms with Crippen LogP contribution in [0.4, 0.5) is 0 Å². The molecule has 2 N–H and O–H groups in total. The van der Waals surface area contributed by atoms with Gasteiger partial charge in [0.2, 0.25) is 5.91 Å². The molecule has 20 heavy (non-hydrogen) atoms. The second kappa shape index (κ2) is 6.29. The van der Waals surface area contributed by atoms with Crippen molar-refractivity contribution in [3.05, 3.63) is 34.5 Å². The van der Waals surface area contributed by atoms with E-state index in [-0.39, 0.29) is 17.6 Å². The molecule has 1 unspecified atom stereocenters. The third kappa shape index (κ3) is 3.64. The van der Waals surface area contributed by atoms with Gasteiger partial charge in [0, 0.05) is 30.7 Å². The van der Waals surface area contributed by atoms with Gasteiger partial charge in [-0.2, -0.15) is 5.10 Å². The number of nitrogens with one attached hydrogen (secondary N) is 1. The minimum Gasteiger partial charge on any atom is -0.476 e. The van der Waals surface area contributed by atoms with E-state index < -0.39 is 5.97 Å². The lowest BCUT2D eigenvalue weighted by molar-refractivity contribution is -0.122. The number of amides is 1. The fraction of sp³-hybridized carbons (Fsp3) is 0.333. The van der Waals surface area contributed by atoms with Gasteiger partial charge in [-0.25, -0.2) is 9.78 Å². The lowest BCUT2D eigenvalue weighted by atomic mass is 10.3. The third-order valence-electron chi connectivity index (χ3n) is 2.62. The van der Waals surface area contributed by atoms with E-state index in [2.05, 4.69) is 15.4 Å². The summed E-state index contributed by atoms with van der Waals surface area (Å²) in [5.41, 5.74) is 0.00244. The van der Waals surface area contributed by atoms with E-state index in [1.165, 1.54) is 16.7 Å². The molecule has 2 aromatic heterocycles. The standard InChI is InChI=1S/C12H14N4O3S/c1-8(11-15-9(7-20-11)12(18)19)14-10(17)3-6-16-5-2-4-13-16/h2,4-5,7-8H,3,6H2,1H3,(H,14,17)(H,18,19). The smallest absolute Gasteiger partial charge is 0.355 e. The van der Waals surface area contributed by atoms with Crippen LogP contribution in [-0.2, 0) is 11.3 Å². The van der Waals surface area contributed by atoms with Crippen molar-refractivity contribution in [1.29, 1.82) is 0 Å². The third-order valence-corrected chi connectivity index (χ3v) is 3.64. The summed E-state index contributed by atoms with van der Waals surface area (Å²) in [7, 11) is 0. The molecule has 8 heteroatoms. The number of aromatic nitrogens is 3. The van der Waals surface area contributed by atoms with Crippen LogP contribution < -0.4 is 5.32 Å². The van der Waals surface area contributed by atoms with Crippen LogP contribution in [-0.4, -0.2) is 31.7 Å². The van der Waals surface area contributed by atoms with Gasteiger partial charge in [-0.15, -0.1) is 11.3 Å². The molecule has 0 aliphatic heterocycles. The van der Waals surface area contributed by atoms with Crippen LogP contribution in [0.1, 0.15) is 34.9 Å². The molecular formula is C12H14N4O3S. The number of hydrogen-bond acceptors (Lipinski definition) is 5. The molecule has 0 aromatic carbocycles. The highest BCUT2D eigenvalue weighted by atomic mass is 32.1. The van der Waals surface area contributed by atoms with Crippen molar-refractivity contribution in [3.8, 4) is 0 Å². The van der Waals surface area contributed by atoms with E-state index >= 15 is 0 Å². The number of carboxylic acid groups (broad SMARTS) is 1. The first-order valence-electron chi connectivity index (χ1n) is 6.02. The normalized spacial score (nSPS) is 12.1. The van der Waals surface area contributed by atoms with Gasteiger partial charge in [-0.1, -0.05) is 0 Å². The minimum absolute atomic E-state index is 0.00244. The Morgan fingerprint density at radius 2 is 2.35 bits per heavy atom. The number of hydrogen-bond donors (Lipinski definition) is 2. The number of aromatic carboxylic acids is 1. The second-order valence-electron chi connectivity index (χ2n) is 4.18. The molecule has 0 bridgehead atoms. The van der Waals surface area contributed by atoms with E-state index in [1.807, 2.05) is 0 Å². The molecule has 0 aliphatic rings. The van der Waals surface area contributed by atoms with E-state index in [0.29, 0.717) is 18.0 Å². The van der Waals surface area contributed by atoms with Gasteiger partial charge in [0.05, 0.1) is 6.04 Å². The summed E-state index contributed by atoms with van der Waals surface area (Å²) >= 11 is 1.22. The Morgan fingerprint density at radius 1 is 1.55 bits per heavy atom.